The lowest BCUT2D eigenvalue weighted by atomic mass is 10.2. The van der Waals surface area contributed by atoms with Gasteiger partial charge in [0, 0.05) is 24.0 Å². The number of benzene rings is 2. The Morgan fingerprint density at radius 1 is 1.00 bits per heavy atom. The molecule has 10 heteroatoms. The Labute approximate surface area is 183 Å². The third-order valence-electron chi connectivity index (χ3n) is 4.12. The van der Waals surface area contributed by atoms with Crippen LogP contribution in [0.5, 0.6) is 11.6 Å². The number of nitrogens with zero attached hydrogens (tertiary/aromatic N) is 2. The van der Waals surface area contributed by atoms with Crippen LogP contribution in [-0.4, -0.2) is 22.5 Å². The van der Waals surface area contributed by atoms with Crippen LogP contribution < -0.4 is 20.7 Å². The fraction of sp³-hybridized carbons (Fsp3) is 0.227. The molecule has 2 amide bonds. The smallest absolute Gasteiger partial charge is 0.416 e. The van der Waals surface area contributed by atoms with Crippen molar-refractivity contribution in [3.8, 4) is 11.6 Å². The van der Waals surface area contributed by atoms with E-state index in [1.54, 1.807) is 30.3 Å². The predicted molar refractivity (Wildman–Crippen MR) is 116 cm³/mol. The second-order valence-electron chi connectivity index (χ2n) is 7.30. The molecular formula is C22H22F3N5O2. The molecule has 0 saturated heterocycles. The third kappa shape index (κ3) is 6.86. The first-order chi connectivity index (χ1) is 15.2. The van der Waals surface area contributed by atoms with Gasteiger partial charge in [0.05, 0.1) is 5.56 Å². The number of amides is 2. The Hall–Kier alpha value is -3.82. The number of nitrogens with one attached hydrogen (secondary N) is 3. The molecule has 0 saturated carbocycles. The average molecular weight is 445 g/mol. The van der Waals surface area contributed by atoms with E-state index < -0.39 is 17.8 Å². The van der Waals surface area contributed by atoms with Gasteiger partial charge in [-0.25, -0.2) is 14.8 Å². The Balaban J connectivity index is 1.57. The van der Waals surface area contributed by atoms with E-state index in [-0.39, 0.29) is 5.69 Å². The Morgan fingerprint density at radius 2 is 1.72 bits per heavy atom. The molecule has 1 heterocycles. The number of halogens is 3. The van der Waals surface area contributed by atoms with E-state index in [0.29, 0.717) is 29.1 Å². The molecule has 0 aliphatic heterocycles. The first kappa shape index (κ1) is 22.9. The molecule has 168 valence electrons. The van der Waals surface area contributed by atoms with E-state index in [0.717, 1.165) is 18.7 Å². The molecule has 0 unspecified atom stereocenters. The highest BCUT2D eigenvalue weighted by Gasteiger charge is 2.30. The van der Waals surface area contributed by atoms with Crippen molar-refractivity contribution in [2.75, 3.05) is 22.5 Å². The molecule has 3 aromatic rings. The lowest BCUT2D eigenvalue weighted by Crippen LogP contribution is -2.19. The molecule has 0 bridgehead atoms. The fourth-order valence-electron chi connectivity index (χ4n) is 2.59. The summed E-state index contributed by atoms with van der Waals surface area (Å²) >= 11 is 0. The lowest BCUT2D eigenvalue weighted by Gasteiger charge is -2.11. The summed E-state index contributed by atoms with van der Waals surface area (Å²) in [6, 6.07) is 11.9. The quantitative estimate of drug-likeness (QED) is 0.415. The summed E-state index contributed by atoms with van der Waals surface area (Å²) in [4.78, 5) is 20.3. The second-order valence-corrected chi connectivity index (χ2v) is 7.30. The average Bonchev–Trinajstić information content (AvgIpc) is 2.73. The summed E-state index contributed by atoms with van der Waals surface area (Å²) in [5.41, 5.74) is -0.379. The molecule has 1 aromatic heterocycles. The van der Waals surface area contributed by atoms with Gasteiger partial charge < -0.3 is 20.7 Å². The number of hydrogen-bond donors (Lipinski definition) is 3. The molecule has 0 radical (unpaired) electrons. The van der Waals surface area contributed by atoms with Crippen LogP contribution in [0, 0.1) is 5.92 Å². The van der Waals surface area contributed by atoms with Crippen LogP contribution in [0.25, 0.3) is 0 Å². The molecule has 32 heavy (non-hydrogen) atoms. The van der Waals surface area contributed by atoms with Gasteiger partial charge >= 0.3 is 12.2 Å². The van der Waals surface area contributed by atoms with Gasteiger partial charge in [0.2, 0.25) is 5.88 Å². The number of carbonyl (C=O) groups excluding carboxylic acids is 1. The van der Waals surface area contributed by atoms with Crippen LogP contribution in [0.3, 0.4) is 0 Å². The fourth-order valence-corrected chi connectivity index (χ4v) is 2.59. The van der Waals surface area contributed by atoms with Crippen molar-refractivity contribution in [2.24, 2.45) is 5.92 Å². The van der Waals surface area contributed by atoms with Gasteiger partial charge in [-0.05, 0) is 48.4 Å². The zero-order valence-electron chi connectivity index (χ0n) is 17.4. The molecular weight excluding hydrogens is 423 g/mol. The van der Waals surface area contributed by atoms with E-state index in [1.807, 2.05) is 0 Å². The van der Waals surface area contributed by atoms with Crippen molar-refractivity contribution in [1.82, 2.24) is 9.97 Å². The van der Waals surface area contributed by atoms with E-state index >= 15 is 0 Å². The number of hydrogen-bond acceptors (Lipinski definition) is 5. The van der Waals surface area contributed by atoms with E-state index in [9.17, 15) is 18.0 Å². The summed E-state index contributed by atoms with van der Waals surface area (Å²) in [6.07, 6.45) is -3.09. The SMILES string of the molecule is CC(C)CNc1cc(Oc2ccc(NC(=O)Nc3cccc(C(F)(F)F)c3)cc2)ncn1. The number of carbonyl (C=O) groups is 1. The number of aromatic nitrogens is 2. The Bertz CT molecular complexity index is 1060. The van der Waals surface area contributed by atoms with Crippen LogP contribution >= 0.6 is 0 Å². The minimum Gasteiger partial charge on any atom is -0.439 e. The van der Waals surface area contributed by atoms with Crippen molar-refractivity contribution >= 4 is 23.2 Å². The van der Waals surface area contributed by atoms with Crippen molar-refractivity contribution in [2.45, 2.75) is 20.0 Å². The van der Waals surface area contributed by atoms with Gasteiger partial charge in [-0.15, -0.1) is 0 Å². The maximum absolute atomic E-state index is 12.8. The van der Waals surface area contributed by atoms with Gasteiger partial charge in [-0.1, -0.05) is 19.9 Å². The number of rotatable bonds is 7. The van der Waals surface area contributed by atoms with Gasteiger partial charge in [0.25, 0.3) is 0 Å². The second kappa shape index (κ2) is 9.99. The minimum atomic E-state index is -4.49. The largest absolute Gasteiger partial charge is 0.439 e. The minimum absolute atomic E-state index is 0.0305. The Morgan fingerprint density at radius 3 is 2.41 bits per heavy atom. The Kier molecular flexibility index (Phi) is 7.14. The van der Waals surface area contributed by atoms with E-state index in [2.05, 4.69) is 39.8 Å². The van der Waals surface area contributed by atoms with Gasteiger partial charge in [-0.2, -0.15) is 13.2 Å². The van der Waals surface area contributed by atoms with Crippen LogP contribution in [0.15, 0.2) is 60.9 Å². The monoisotopic (exact) mass is 445 g/mol. The third-order valence-corrected chi connectivity index (χ3v) is 4.12. The molecule has 0 aliphatic carbocycles. The topological polar surface area (TPSA) is 88.2 Å². The molecule has 0 fully saturated rings. The van der Waals surface area contributed by atoms with Gasteiger partial charge in [-0.3, -0.25) is 0 Å². The highest BCUT2D eigenvalue weighted by atomic mass is 19.4. The van der Waals surface area contributed by atoms with Gasteiger partial charge in [0.1, 0.15) is 17.9 Å². The van der Waals surface area contributed by atoms with Crippen molar-refractivity contribution in [3.05, 3.63) is 66.5 Å². The number of urea groups is 1. The zero-order valence-corrected chi connectivity index (χ0v) is 17.4. The molecule has 2 aromatic carbocycles. The molecule has 0 aliphatic rings. The van der Waals surface area contributed by atoms with Crippen LogP contribution in [0.1, 0.15) is 19.4 Å². The van der Waals surface area contributed by atoms with Crippen molar-refractivity contribution in [3.63, 3.8) is 0 Å². The van der Waals surface area contributed by atoms with Gasteiger partial charge in [0.15, 0.2) is 0 Å². The predicted octanol–water partition coefficient (Wildman–Crippen LogP) is 6.00. The first-order valence-corrected chi connectivity index (χ1v) is 9.78. The van der Waals surface area contributed by atoms with E-state index in [1.165, 1.54) is 18.5 Å². The first-order valence-electron chi connectivity index (χ1n) is 9.78. The van der Waals surface area contributed by atoms with Crippen molar-refractivity contribution in [1.29, 1.82) is 0 Å². The summed E-state index contributed by atoms with van der Waals surface area (Å²) in [5.74, 6) is 1.95. The summed E-state index contributed by atoms with van der Waals surface area (Å²) < 4.78 is 44.1. The molecule has 0 atom stereocenters. The molecule has 3 rings (SSSR count). The van der Waals surface area contributed by atoms with E-state index in [4.69, 9.17) is 4.74 Å². The normalized spacial score (nSPS) is 11.2. The summed E-state index contributed by atoms with van der Waals surface area (Å²) in [5, 5.41) is 8.12. The maximum atomic E-state index is 12.8. The zero-order chi connectivity index (χ0) is 23.1. The van der Waals surface area contributed by atoms with Crippen molar-refractivity contribution < 1.29 is 22.7 Å². The molecule has 7 nitrogen and oxygen atoms in total. The summed E-state index contributed by atoms with van der Waals surface area (Å²) in [6.45, 7) is 4.93. The number of anilines is 3. The standard InChI is InChI=1S/C22H22F3N5O2/c1-14(2)12-26-19-11-20(28-13-27-19)32-18-8-6-16(7-9-18)29-21(31)30-17-5-3-4-15(10-17)22(23,24)25/h3-11,13-14H,12H2,1-2H3,(H,26,27,28)(H2,29,30,31). The molecule has 0 spiro atoms. The highest BCUT2D eigenvalue weighted by Crippen LogP contribution is 2.30. The maximum Gasteiger partial charge on any atom is 0.416 e. The van der Waals surface area contributed by atoms with Crippen LogP contribution in [0.2, 0.25) is 0 Å². The molecule has 3 N–H and O–H groups in total. The lowest BCUT2D eigenvalue weighted by molar-refractivity contribution is -0.137. The number of alkyl halides is 3. The highest BCUT2D eigenvalue weighted by molar-refractivity contribution is 5.99. The van der Waals surface area contributed by atoms with Crippen LogP contribution in [-0.2, 0) is 6.18 Å². The van der Waals surface area contributed by atoms with Crippen LogP contribution in [0.4, 0.5) is 35.2 Å². The summed E-state index contributed by atoms with van der Waals surface area (Å²) in [7, 11) is 0. The number of ether oxygens (including phenoxy) is 1.